The van der Waals surface area contributed by atoms with Crippen LogP contribution in [0.3, 0.4) is 0 Å². The molecule has 0 unspecified atom stereocenters. The molecule has 0 aromatic heterocycles. The van der Waals surface area contributed by atoms with Crippen LogP contribution in [0.15, 0.2) is 0 Å². The lowest BCUT2D eigenvalue weighted by Crippen LogP contribution is -2.40. The van der Waals surface area contributed by atoms with Crippen molar-refractivity contribution in [3.8, 4) is 0 Å². The third-order valence-corrected chi connectivity index (χ3v) is 3.97. The van der Waals surface area contributed by atoms with E-state index >= 15 is 0 Å². The first-order chi connectivity index (χ1) is 7.18. The summed E-state index contributed by atoms with van der Waals surface area (Å²) in [5, 5.41) is 8.87. The largest absolute Gasteiger partial charge is 0.394 e. The average Bonchev–Trinajstić information content (AvgIpc) is 2.81. The van der Waals surface area contributed by atoms with Gasteiger partial charge in [0.2, 0.25) is 10.0 Å². The number of nitrogens with one attached hydrogen (secondary N) is 1. The van der Waals surface area contributed by atoms with Gasteiger partial charge < -0.3 is 5.11 Å². The van der Waals surface area contributed by atoms with Crippen molar-refractivity contribution in [1.82, 2.24) is 4.72 Å². The van der Waals surface area contributed by atoms with Gasteiger partial charge in [-0.25, -0.2) is 13.1 Å². The number of halogens is 3. The van der Waals surface area contributed by atoms with Gasteiger partial charge in [-0.3, -0.25) is 0 Å². The first kappa shape index (κ1) is 13.7. The molecule has 0 aliphatic heterocycles. The zero-order valence-corrected chi connectivity index (χ0v) is 9.36. The highest BCUT2D eigenvalue weighted by Crippen LogP contribution is 2.35. The summed E-state index contributed by atoms with van der Waals surface area (Å²) >= 11 is 0. The molecule has 2 N–H and O–H groups in total. The van der Waals surface area contributed by atoms with E-state index in [0.29, 0.717) is 12.8 Å². The Morgan fingerprint density at radius 3 is 2.25 bits per heavy atom. The molecule has 0 amide bonds. The molecule has 16 heavy (non-hydrogen) atoms. The number of alkyl halides is 3. The van der Waals surface area contributed by atoms with Gasteiger partial charge in [-0.2, -0.15) is 13.2 Å². The summed E-state index contributed by atoms with van der Waals surface area (Å²) < 4.78 is 60.3. The first-order valence-electron chi connectivity index (χ1n) is 4.87. The van der Waals surface area contributed by atoms with Gasteiger partial charge in [-0.1, -0.05) is 0 Å². The van der Waals surface area contributed by atoms with Crippen LogP contribution in [-0.2, 0) is 10.0 Å². The lowest BCUT2D eigenvalue weighted by molar-refractivity contribution is -0.134. The quantitative estimate of drug-likeness (QED) is 0.742. The molecule has 1 aliphatic rings. The van der Waals surface area contributed by atoms with Crippen LogP contribution in [0.25, 0.3) is 0 Å². The molecule has 8 heteroatoms. The van der Waals surface area contributed by atoms with Gasteiger partial charge in [-0.15, -0.1) is 0 Å². The highest BCUT2D eigenvalue weighted by Gasteiger charge is 2.45. The second-order valence-corrected chi connectivity index (χ2v) is 5.92. The minimum atomic E-state index is -4.33. The molecule has 4 nitrogen and oxygen atoms in total. The summed E-state index contributed by atoms with van der Waals surface area (Å²) in [5.74, 6) is -0.561. The zero-order valence-electron chi connectivity index (χ0n) is 8.55. The molecule has 0 spiro atoms. The number of rotatable bonds is 6. The van der Waals surface area contributed by atoms with Gasteiger partial charge in [0.05, 0.1) is 17.9 Å². The number of aliphatic hydroxyl groups excluding tert-OH is 1. The summed E-state index contributed by atoms with van der Waals surface area (Å²) in [5.41, 5.74) is -0.808. The van der Waals surface area contributed by atoms with Crippen LogP contribution in [0.2, 0.25) is 0 Å². The Bertz CT molecular complexity index is 335. The fourth-order valence-corrected chi connectivity index (χ4v) is 2.84. The Morgan fingerprint density at radius 1 is 1.31 bits per heavy atom. The summed E-state index contributed by atoms with van der Waals surface area (Å²) in [6.45, 7) is -0.314. The summed E-state index contributed by atoms with van der Waals surface area (Å²) in [7, 11) is -3.72. The third-order valence-electron chi connectivity index (χ3n) is 2.40. The van der Waals surface area contributed by atoms with Crippen molar-refractivity contribution in [2.75, 3.05) is 12.4 Å². The molecule has 1 aliphatic carbocycles. The van der Waals surface area contributed by atoms with E-state index in [4.69, 9.17) is 5.11 Å². The summed E-state index contributed by atoms with van der Waals surface area (Å²) in [4.78, 5) is 0. The van der Waals surface area contributed by atoms with E-state index in [0.717, 1.165) is 0 Å². The molecule has 0 bridgehead atoms. The second-order valence-electron chi connectivity index (χ2n) is 4.08. The van der Waals surface area contributed by atoms with Crippen LogP contribution in [0, 0.1) is 0 Å². The monoisotopic (exact) mass is 261 g/mol. The van der Waals surface area contributed by atoms with Crippen molar-refractivity contribution in [3.05, 3.63) is 0 Å². The third kappa shape index (κ3) is 4.67. The molecule has 0 aromatic rings. The molecular weight excluding hydrogens is 247 g/mol. The Hall–Kier alpha value is -0.340. The highest BCUT2D eigenvalue weighted by atomic mass is 32.2. The van der Waals surface area contributed by atoms with Crippen LogP contribution in [-0.4, -0.2) is 37.6 Å². The van der Waals surface area contributed by atoms with E-state index in [9.17, 15) is 21.6 Å². The Morgan fingerprint density at radius 2 is 1.88 bits per heavy atom. The predicted octanol–water partition coefficient (Wildman–Crippen LogP) is 0.773. The fourth-order valence-electron chi connectivity index (χ4n) is 1.29. The van der Waals surface area contributed by atoms with Crippen LogP contribution in [0.5, 0.6) is 0 Å². The van der Waals surface area contributed by atoms with Crippen LogP contribution in [0.1, 0.15) is 25.7 Å². The Balaban J connectivity index is 2.35. The van der Waals surface area contributed by atoms with Gasteiger partial charge in [-0.05, 0) is 19.3 Å². The average molecular weight is 261 g/mol. The van der Waals surface area contributed by atoms with Crippen LogP contribution in [0.4, 0.5) is 13.2 Å². The van der Waals surface area contributed by atoms with E-state index in [1.807, 2.05) is 0 Å². The standard InChI is InChI=1S/C8H14F3NO3S/c9-8(10,11)2-1-5-16(14,15)12-7(6-13)3-4-7/h12-13H,1-6H2. The Labute approximate surface area is 91.9 Å². The molecule has 96 valence electrons. The van der Waals surface area contributed by atoms with Crippen molar-refractivity contribution >= 4 is 10.0 Å². The molecule has 0 aromatic carbocycles. The smallest absolute Gasteiger partial charge is 0.389 e. The SMILES string of the molecule is O=S(=O)(CCCC(F)(F)F)NC1(CO)CC1. The van der Waals surface area contributed by atoms with E-state index in [-0.39, 0.29) is 6.61 Å². The van der Waals surface area contributed by atoms with E-state index in [1.165, 1.54) is 0 Å². The summed E-state index contributed by atoms with van der Waals surface area (Å²) in [6, 6.07) is 0. The molecule has 0 heterocycles. The second kappa shape index (κ2) is 4.50. The van der Waals surface area contributed by atoms with Crippen molar-refractivity contribution in [1.29, 1.82) is 0 Å². The topological polar surface area (TPSA) is 66.4 Å². The predicted molar refractivity (Wildman–Crippen MR) is 51.3 cm³/mol. The number of hydrogen-bond donors (Lipinski definition) is 2. The van der Waals surface area contributed by atoms with Crippen molar-refractivity contribution < 1.29 is 26.7 Å². The maximum Gasteiger partial charge on any atom is 0.389 e. The zero-order chi connectivity index (χ0) is 12.4. The summed E-state index contributed by atoms with van der Waals surface area (Å²) in [6.07, 6.45) is -4.84. The minimum absolute atomic E-state index is 0.314. The maximum absolute atomic E-state index is 11.8. The van der Waals surface area contributed by atoms with Gasteiger partial charge in [0.15, 0.2) is 0 Å². The lowest BCUT2D eigenvalue weighted by Gasteiger charge is -2.14. The molecule has 0 saturated heterocycles. The maximum atomic E-state index is 11.8. The van der Waals surface area contributed by atoms with Crippen LogP contribution >= 0.6 is 0 Å². The normalized spacial score (nSPS) is 19.8. The van der Waals surface area contributed by atoms with Crippen LogP contribution < -0.4 is 4.72 Å². The molecule has 0 radical (unpaired) electrons. The van der Waals surface area contributed by atoms with Gasteiger partial charge in [0, 0.05) is 6.42 Å². The van der Waals surface area contributed by atoms with E-state index < -0.39 is 40.3 Å². The number of sulfonamides is 1. The molecular formula is C8H14F3NO3S. The first-order valence-corrected chi connectivity index (χ1v) is 6.53. The lowest BCUT2D eigenvalue weighted by atomic mass is 10.3. The van der Waals surface area contributed by atoms with Crippen molar-refractivity contribution in [3.63, 3.8) is 0 Å². The molecule has 1 fully saturated rings. The van der Waals surface area contributed by atoms with Crippen molar-refractivity contribution in [2.24, 2.45) is 0 Å². The van der Waals surface area contributed by atoms with Gasteiger partial charge >= 0.3 is 6.18 Å². The number of aliphatic hydroxyl groups is 1. The fraction of sp³-hybridized carbons (Fsp3) is 1.00. The molecule has 1 rings (SSSR count). The molecule has 0 atom stereocenters. The molecule has 1 saturated carbocycles. The minimum Gasteiger partial charge on any atom is -0.394 e. The highest BCUT2D eigenvalue weighted by molar-refractivity contribution is 7.89. The van der Waals surface area contributed by atoms with Crippen molar-refractivity contribution in [2.45, 2.75) is 37.4 Å². The van der Waals surface area contributed by atoms with E-state index in [2.05, 4.69) is 4.72 Å². The van der Waals surface area contributed by atoms with Gasteiger partial charge in [0.25, 0.3) is 0 Å². The van der Waals surface area contributed by atoms with E-state index in [1.54, 1.807) is 0 Å². The van der Waals surface area contributed by atoms with Gasteiger partial charge in [0.1, 0.15) is 0 Å². The number of hydrogen-bond acceptors (Lipinski definition) is 3. The Kier molecular flexibility index (Phi) is 3.86.